The van der Waals surface area contributed by atoms with Gasteiger partial charge in [0.2, 0.25) is 0 Å². The van der Waals surface area contributed by atoms with Crippen LogP contribution in [-0.4, -0.2) is 33.5 Å². The number of halogens is 2. The SMILES string of the molecule is Cn1nncc1-c1csc(C(=O)NC(CN)Cc2cc(F)cc(F)c2)c1. The minimum absolute atomic E-state index is 0.147. The largest absolute Gasteiger partial charge is 0.347 e. The van der Waals surface area contributed by atoms with Crippen molar-refractivity contribution in [2.45, 2.75) is 12.5 Å². The van der Waals surface area contributed by atoms with Gasteiger partial charge in [0.1, 0.15) is 11.6 Å². The Labute approximate surface area is 152 Å². The molecule has 26 heavy (non-hydrogen) atoms. The van der Waals surface area contributed by atoms with E-state index in [0.717, 1.165) is 17.3 Å². The van der Waals surface area contributed by atoms with Crippen molar-refractivity contribution in [3.63, 3.8) is 0 Å². The van der Waals surface area contributed by atoms with Crippen molar-refractivity contribution < 1.29 is 13.6 Å². The summed E-state index contributed by atoms with van der Waals surface area (Å²) >= 11 is 1.29. The molecule has 0 aliphatic rings. The minimum atomic E-state index is -0.658. The Morgan fingerprint density at radius 3 is 2.65 bits per heavy atom. The van der Waals surface area contributed by atoms with Crippen molar-refractivity contribution in [3.05, 3.63) is 57.9 Å². The van der Waals surface area contributed by atoms with Crippen molar-refractivity contribution in [1.82, 2.24) is 20.3 Å². The van der Waals surface area contributed by atoms with E-state index in [1.54, 1.807) is 24.0 Å². The Balaban J connectivity index is 1.69. The smallest absolute Gasteiger partial charge is 0.261 e. The van der Waals surface area contributed by atoms with Crippen molar-refractivity contribution in [2.24, 2.45) is 12.8 Å². The molecule has 3 aromatic rings. The zero-order valence-electron chi connectivity index (χ0n) is 13.9. The number of nitrogens with one attached hydrogen (secondary N) is 1. The van der Waals surface area contributed by atoms with Crippen molar-refractivity contribution >= 4 is 17.2 Å². The van der Waals surface area contributed by atoms with Crippen LogP contribution in [0.3, 0.4) is 0 Å². The van der Waals surface area contributed by atoms with Crippen LogP contribution in [0.1, 0.15) is 15.2 Å². The number of carbonyl (C=O) groups excluding carboxylic acids is 1. The number of thiophene rings is 1. The van der Waals surface area contributed by atoms with Gasteiger partial charge in [0, 0.05) is 36.6 Å². The molecule has 0 aliphatic carbocycles. The van der Waals surface area contributed by atoms with Crippen molar-refractivity contribution in [3.8, 4) is 11.3 Å². The number of aryl methyl sites for hydroxylation is 1. The van der Waals surface area contributed by atoms with Gasteiger partial charge in [0.15, 0.2) is 0 Å². The summed E-state index contributed by atoms with van der Waals surface area (Å²) in [7, 11) is 1.77. The van der Waals surface area contributed by atoms with E-state index in [-0.39, 0.29) is 18.9 Å². The Morgan fingerprint density at radius 1 is 1.31 bits per heavy atom. The highest BCUT2D eigenvalue weighted by Crippen LogP contribution is 2.24. The normalized spacial score (nSPS) is 12.2. The predicted octanol–water partition coefficient (Wildman–Crippen LogP) is 2.12. The fourth-order valence-electron chi connectivity index (χ4n) is 2.60. The van der Waals surface area contributed by atoms with Gasteiger partial charge < -0.3 is 11.1 Å². The summed E-state index contributed by atoms with van der Waals surface area (Å²) in [5.74, 6) is -1.60. The van der Waals surface area contributed by atoms with Crippen LogP contribution < -0.4 is 11.1 Å². The fraction of sp³-hybridized carbons (Fsp3) is 0.235. The van der Waals surface area contributed by atoms with Gasteiger partial charge in [0.05, 0.1) is 16.8 Å². The molecular weight excluding hydrogens is 360 g/mol. The van der Waals surface area contributed by atoms with E-state index in [4.69, 9.17) is 5.73 Å². The van der Waals surface area contributed by atoms with Crippen LogP contribution >= 0.6 is 11.3 Å². The molecule has 0 saturated heterocycles. The highest BCUT2D eigenvalue weighted by Gasteiger charge is 2.17. The molecule has 1 amide bonds. The topological polar surface area (TPSA) is 85.8 Å². The van der Waals surface area contributed by atoms with Gasteiger partial charge in [-0.15, -0.1) is 16.4 Å². The summed E-state index contributed by atoms with van der Waals surface area (Å²) in [6.45, 7) is 0.147. The van der Waals surface area contributed by atoms with Crippen LogP contribution in [0.2, 0.25) is 0 Å². The van der Waals surface area contributed by atoms with Crippen LogP contribution in [0.25, 0.3) is 11.3 Å². The van der Waals surface area contributed by atoms with Gasteiger partial charge in [0.25, 0.3) is 5.91 Å². The first-order valence-electron chi connectivity index (χ1n) is 7.85. The lowest BCUT2D eigenvalue weighted by Crippen LogP contribution is -2.41. The summed E-state index contributed by atoms with van der Waals surface area (Å²) in [6, 6.07) is 4.58. The zero-order chi connectivity index (χ0) is 18.7. The molecule has 1 unspecified atom stereocenters. The summed E-state index contributed by atoms with van der Waals surface area (Å²) in [4.78, 5) is 13.0. The van der Waals surface area contributed by atoms with Gasteiger partial charge in [-0.2, -0.15) is 0 Å². The highest BCUT2D eigenvalue weighted by molar-refractivity contribution is 7.12. The van der Waals surface area contributed by atoms with Crippen LogP contribution in [0, 0.1) is 11.6 Å². The molecule has 3 N–H and O–H groups in total. The number of nitrogens with zero attached hydrogens (tertiary/aromatic N) is 3. The van der Waals surface area contributed by atoms with E-state index in [9.17, 15) is 13.6 Å². The standard InChI is InChI=1S/C17H17F2N5OS/c1-24-15(8-21-23-24)11-5-16(26-9-11)17(25)22-14(7-20)4-10-2-12(18)6-13(19)3-10/h2-3,5-6,8-9,14H,4,7,20H2,1H3,(H,22,25). The summed E-state index contributed by atoms with van der Waals surface area (Å²) in [5.41, 5.74) is 7.78. The van der Waals surface area contributed by atoms with E-state index in [0.29, 0.717) is 10.4 Å². The molecule has 0 fully saturated rings. The summed E-state index contributed by atoms with van der Waals surface area (Å²) < 4.78 is 28.2. The maximum absolute atomic E-state index is 13.3. The molecule has 0 spiro atoms. The van der Waals surface area contributed by atoms with Gasteiger partial charge in [-0.25, -0.2) is 13.5 Å². The molecule has 1 atom stereocenters. The lowest BCUT2D eigenvalue weighted by molar-refractivity contribution is 0.0942. The number of rotatable bonds is 6. The molecule has 9 heteroatoms. The number of aromatic nitrogens is 3. The maximum Gasteiger partial charge on any atom is 0.261 e. The van der Waals surface area contributed by atoms with Crippen LogP contribution in [0.4, 0.5) is 8.78 Å². The second-order valence-corrected chi connectivity index (χ2v) is 6.74. The van der Waals surface area contributed by atoms with Gasteiger partial charge in [-0.3, -0.25) is 4.79 Å². The fourth-order valence-corrected chi connectivity index (χ4v) is 3.41. The lowest BCUT2D eigenvalue weighted by Gasteiger charge is -2.16. The number of carbonyl (C=O) groups is 1. The first kappa shape index (κ1) is 18.2. The maximum atomic E-state index is 13.3. The van der Waals surface area contributed by atoms with E-state index >= 15 is 0 Å². The monoisotopic (exact) mass is 377 g/mol. The summed E-state index contributed by atoms with van der Waals surface area (Å²) in [6.07, 6.45) is 1.85. The molecular formula is C17H17F2N5OS. The number of benzene rings is 1. The van der Waals surface area contributed by atoms with Gasteiger partial charge >= 0.3 is 0 Å². The van der Waals surface area contributed by atoms with E-state index in [1.165, 1.54) is 23.5 Å². The number of amides is 1. The number of nitrogens with two attached hydrogens (primary N) is 1. The zero-order valence-corrected chi connectivity index (χ0v) is 14.8. The lowest BCUT2D eigenvalue weighted by atomic mass is 10.1. The molecule has 0 saturated carbocycles. The first-order chi connectivity index (χ1) is 12.5. The van der Waals surface area contributed by atoms with Crippen molar-refractivity contribution in [2.75, 3.05) is 6.54 Å². The molecule has 0 aliphatic heterocycles. The molecule has 2 heterocycles. The van der Waals surface area contributed by atoms with Crippen LogP contribution in [0.15, 0.2) is 35.8 Å². The third kappa shape index (κ3) is 4.12. The third-order valence-corrected chi connectivity index (χ3v) is 4.79. The Bertz CT molecular complexity index is 903. The van der Waals surface area contributed by atoms with E-state index in [2.05, 4.69) is 15.6 Å². The first-order valence-corrected chi connectivity index (χ1v) is 8.73. The Kier molecular flexibility index (Phi) is 5.38. The molecule has 0 radical (unpaired) electrons. The second kappa shape index (κ2) is 7.71. The predicted molar refractivity (Wildman–Crippen MR) is 94.7 cm³/mol. The molecule has 6 nitrogen and oxygen atoms in total. The van der Waals surface area contributed by atoms with Gasteiger partial charge in [-0.1, -0.05) is 5.21 Å². The average Bonchev–Trinajstić information content (AvgIpc) is 3.21. The third-order valence-electron chi connectivity index (χ3n) is 3.86. The molecule has 1 aromatic carbocycles. The van der Waals surface area contributed by atoms with E-state index in [1.807, 2.05) is 5.38 Å². The molecule has 3 rings (SSSR count). The Hall–Kier alpha value is -2.65. The molecule has 0 bridgehead atoms. The number of hydrogen-bond donors (Lipinski definition) is 2. The van der Waals surface area contributed by atoms with E-state index < -0.39 is 17.7 Å². The quantitative estimate of drug-likeness (QED) is 0.689. The van der Waals surface area contributed by atoms with Crippen LogP contribution in [0.5, 0.6) is 0 Å². The minimum Gasteiger partial charge on any atom is -0.347 e. The average molecular weight is 377 g/mol. The molecule has 2 aromatic heterocycles. The summed E-state index contributed by atoms with van der Waals surface area (Å²) in [5, 5.41) is 12.3. The highest BCUT2D eigenvalue weighted by atomic mass is 32.1. The Morgan fingerprint density at radius 2 is 2.04 bits per heavy atom. The molecule has 136 valence electrons. The second-order valence-electron chi connectivity index (χ2n) is 5.83. The van der Waals surface area contributed by atoms with Crippen molar-refractivity contribution in [1.29, 1.82) is 0 Å². The van der Waals surface area contributed by atoms with Gasteiger partial charge in [-0.05, 0) is 30.2 Å². The van der Waals surface area contributed by atoms with Crippen LogP contribution in [-0.2, 0) is 13.5 Å². The number of hydrogen-bond acceptors (Lipinski definition) is 5.